The number of carbonyl (C=O) groups is 1. The third-order valence-corrected chi connectivity index (χ3v) is 3.72. The molecule has 1 aliphatic heterocycles. The fourth-order valence-corrected chi connectivity index (χ4v) is 2.54. The summed E-state index contributed by atoms with van der Waals surface area (Å²) in [5.74, 6) is 2.44. The summed E-state index contributed by atoms with van der Waals surface area (Å²) in [6.45, 7) is 0.575. The topological polar surface area (TPSA) is 20.3 Å². The second kappa shape index (κ2) is 5.41. The second-order valence-electron chi connectivity index (χ2n) is 5.13. The van der Waals surface area contributed by atoms with Crippen LogP contribution < -0.4 is 4.90 Å². The van der Waals surface area contributed by atoms with E-state index in [1.54, 1.807) is 17.0 Å². The van der Waals surface area contributed by atoms with Crippen LogP contribution in [0.3, 0.4) is 0 Å². The first-order valence-electron chi connectivity index (χ1n) is 6.80. The fraction of sp³-hybridized carbons (Fsp3) is 0.167. The zero-order valence-corrected chi connectivity index (χ0v) is 11.4. The molecule has 0 aliphatic carbocycles. The lowest BCUT2D eigenvalue weighted by atomic mass is 10.1. The Hall–Kier alpha value is -2.60. The molecule has 0 N–H and O–H groups in total. The average Bonchev–Trinajstić information content (AvgIpc) is 2.89. The summed E-state index contributed by atoms with van der Waals surface area (Å²) in [7, 11) is 0. The van der Waals surface area contributed by atoms with Crippen LogP contribution in [0.1, 0.15) is 6.42 Å². The first-order valence-corrected chi connectivity index (χ1v) is 6.80. The summed E-state index contributed by atoms with van der Waals surface area (Å²) >= 11 is 0. The predicted molar refractivity (Wildman–Crippen MR) is 81.1 cm³/mol. The maximum atomic E-state index is 12.9. The predicted octanol–water partition coefficient (Wildman–Crippen LogP) is 3.48. The van der Waals surface area contributed by atoms with Crippen molar-refractivity contribution in [1.29, 1.82) is 0 Å². The Morgan fingerprint density at radius 1 is 1.05 bits per heavy atom. The normalized spacial score (nSPS) is 17.8. The van der Waals surface area contributed by atoms with Gasteiger partial charge in [-0.1, -0.05) is 24.3 Å². The Labute approximate surface area is 123 Å². The average molecular weight is 279 g/mol. The molecule has 0 spiro atoms. The molecule has 1 saturated heterocycles. The fourth-order valence-electron chi connectivity index (χ4n) is 2.54. The first-order chi connectivity index (χ1) is 10.2. The van der Waals surface area contributed by atoms with Gasteiger partial charge in [-0.25, -0.2) is 4.39 Å². The van der Waals surface area contributed by atoms with Gasteiger partial charge < -0.3 is 4.90 Å². The molecule has 1 unspecified atom stereocenters. The van der Waals surface area contributed by atoms with Crippen LogP contribution in [0, 0.1) is 24.1 Å². The summed E-state index contributed by atoms with van der Waals surface area (Å²) in [4.78, 5) is 13.6. The second-order valence-corrected chi connectivity index (χ2v) is 5.13. The first kappa shape index (κ1) is 13.4. The summed E-state index contributed by atoms with van der Waals surface area (Å²) in [5, 5.41) is 0. The van der Waals surface area contributed by atoms with Gasteiger partial charge in [-0.15, -0.1) is 12.3 Å². The molecule has 2 aromatic carbocycles. The minimum absolute atomic E-state index is 0.00530. The van der Waals surface area contributed by atoms with E-state index in [1.807, 2.05) is 24.3 Å². The van der Waals surface area contributed by atoms with Gasteiger partial charge in [0, 0.05) is 24.6 Å². The van der Waals surface area contributed by atoms with E-state index in [0.29, 0.717) is 13.0 Å². The van der Waals surface area contributed by atoms with Gasteiger partial charge >= 0.3 is 0 Å². The Morgan fingerprint density at radius 2 is 1.62 bits per heavy atom. The number of terminal acetylenes is 1. The van der Waals surface area contributed by atoms with Crippen molar-refractivity contribution < 1.29 is 9.18 Å². The van der Waals surface area contributed by atoms with E-state index in [0.717, 1.165) is 16.8 Å². The molecule has 1 atom stereocenters. The highest BCUT2D eigenvalue weighted by atomic mass is 19.1. The van der Waals surface area contributed by atoms with E-state index in [-0.39, 0.29) is 17.6 Å². The number of rotatable bonds is 2. The molecule has 1 fully saturated rings. The monoisotopic (exact) mass is 279 g/mol. The Bertz CT molecular complexity index is 697. The molecule has 1 amide bonds. The smallest absolute Gasteiger partial charge is 0.228 e. The standard InChI is InChI=1S/C18H14FNO/c1-2-13-11-18(21)20(12-13)17-9-5-15(6-10-17)14-3-7-16(19)8-4-14/h1,3-10,13H,11-12H2. The molecule has 2 aromatic rings. The van der Waals surface area contributed by atoms with E-state index in [9.17, 15) is 9.18 Å². The van der Waals surface area contributed by atoms with Crippen molar-refractivity contribution in [3.63, 3.8) is 0 Å². The minimum atomic E-state index is -0.252. The molecule has 0 aromatic heterocycles. The van der Waals surface area contributed by atoms with Crippen LogP contribution in [0.15, 0.2) is 48.5 Å². The SMILES string of the molecule is C#CC1CC(=O)N(c2ccc(-c3ccc(F)cc3)cc2)C1. The van der Waals surface area contributed by atoms with Crippen molar-refractivity contribution in [2.45, 2.75) is 6.42 Å². The molecular weight excluding hydrogens is 265 g/mol. The van der Waals surface area contributed by atoms with E-state index in [4.69, 9.17) is 6.42 Å². The number of anilines is 1. The highest BCUT2D eigenvalue weighted by Crippen LogP contribution is 2.27. The van der Waals surface area contributed by atoms with Crippen LogP contribution in [0.25, 0.3) is 11.1 Å². The van der Waals surface area contributed by atoms with Crippen molar-refractivity contribution in [1.82, 2.24) is 0 Å². The van der Waals surface area contributed by atoms with Crippen LogP contribution in [0.4, 0.5) is 10.1 Å². The zero-order valence-electron chi connectivity index (χ0n) is 11.4. The molecule has 0 bridgehead atoms. The molecule has 3 rings (SSSR count). The van der Waals surface area contributed by atoms with Crippen molar-refractivity contribution in [2.75, 3.05) is 11.4 Å². The third-order valence-electron chi connectivity index (χ3n) is 3.72. The molecule has 1 aliphatic rings. The molecule has 0 saturated carbocycles. The number of hydrogen-bond acceptors (Lipinski definition) is 1. The van der Waals surface area contributed by atoms with Crippen LogP contribution in [-0.4, -0.2) is 12.5 Å². The van der Waals surface area contributed by atoms with Crippen LogP contribution in [0.5, 0.6) is 0 Å². The van der Waals surface area contributed by atoms with Crippen molar-refractivity contribution >= 4 is 11.6 Å². The Balaban J connectivity index is 1.83. The zero-order chi connectivity index (χ0) is 14.8. The number of amides is 1. The van der Waals surface area contributed by atoms with Gasteiger partial charge in [0.05, 0.1) is 0 Å². The van der Waals surface area contributed by atoms with E-state index in [1.165, 1.54) is 12.1 Å². The summed E-state index contributed by atoms with van der Waals surface area (Å²) in [6, 6.07) is 14.0. The van der Waals surface area contributed by atoms with E-state index < -0.39 is 0 Å². The summed E-state index contributed by atoms with van der Waals surface area (Å²) in [6.07, 6.45) is 5.80. The van der Waals surface area contributed by atoms with Crippen molar-refractivity contribution in [3.8, 4) is 23.5 Å². The van der Waals surface area contributed by atoms with Gasteiger partial charge in [-0.3, -0.25) is 4.79 Å². The van der Waals surface area contributed by atoms with Gasteiger partial charge in [-0.05, 0) is 35.4 Å². The highest BCUT2D eigenvalue weighted by molar-refractivity contribution is 5.96. The highest BCUT2D eigenvalue weighted by Gasteiger charge is 2.29. The lowest BCUT2D eigenvalue weighted by molar-refractivity contribution is -0.117. The molecule has 1 heterocycles. The van der Waals surface area contributed by atoms with Gasteiger partial charge in [0.2, 0.25) is 5.91 Å². The lowest BCUT2D eigenvalue weighted by Gasteiger charge is -2.16. The number of halogens is 1. The molecular formula is C18H14FNO. The van der Waals surface area contributed by atoms with E-state index in [2.05, 4.69) is 5.92 Å². The summed E-state index contributed by atoms with van der Waals surface area (Å²) in [5.41, 5.74) is 2.78. The minimum Gasteiger partial charge on any atom is -0.311 e. The van der Waals surface area contributed by atoms with Gasteiger partial charge in [0.15, 0.2) is 0 Å². The van der Waals surface area contributed by atoms with Crippen LogP contribution in [0.2, 0.25) is 0 Å². The molecule has 0 radical (unpaired) electrons. The van der Waals surface area contributed by atoms with Crippen LogP contribution in [-0.2, 0) is 4.79 Å². The molecule has 3 heteroatoms. The van der Waals surface area contributed by atoms with E-state index >= 15 is 0 Å². The Morgan fingerprint density at radius 3 is 2.14 bits per heavy atom. The van der Waals surface area contributed by atoms with Crippen molar-refractivity contribution in [2.24, 2.45) is 5.92 Å². The number of nitrogens with zero attached hydrogens (tertiary/aromatic N) is 1. The molecule has 21 heavy (non-hydrogen) atoms. The van der Waals surface area contributed by atoms with Gasteiger partial charge in [0.1, 0.15) is 5.82 Å². The maximum Gasteiger partial charge on any atom is 0.228 e. The van der Waals surface area contributed by atoms with Crippen LogP contribution >= 0.6 is 0 Å². The van der Waals surface area contributed by atoms with Crippen molar-refractivity contribution in [3.05, 3.63) is 54.3 Å². The Kier molecular flexibility index (Phi) is 3.45. The number of carbonyl (C=O) groups excluding carboxylic acids is 1. The molecule has 104 valence electrons. The largest absolute Gasteiger partial charge is 0.311 e. The quantitative estimate of drug-likeness (QED) is 0.771. The molecule has 2 nitrogen and oxygen atoms in total. The maximum absolute atomic E-state index is 12.9. The summed E-state index contributed by atoms with van der Waals surface area (Å²) < 4.78 is 12.9. The van der Waals surface area contributed by atoms with Gasteiger partial charge in [0.25, 0.3) is 0 Å². The lowest BCUT2D eigenvalue weighted by Crippen LogP contribution is -2.24. The third kappa shape index (κ3) is 2.66. The van der Waals surface area contributed by atoms with Gasteiger partial charge in [-0.2, -0.15) is 0 Å². The number of hydrogen-bond donors (Lipinski definition) is 0. The number of benzene rings is 2.